The lowest BCUT2D eigenvalue weighted by atomic mass is 9.78. The first-order valence-electron chi connectivity index (χ1n) is 7.10. The summed E-state index contributed by atoms with van der Waals surface area (Å²) < 4.78 is 5.25. The van der Waals surface area contributed by atoms with Crippen LogP contribution in [0.5, 0.6) is 0 Å². The second kappa shape index (κ2) is 5.85. The van der Waals surface area contributed by atoms with Crippen molar-refractivity contribution < 1.29 is 9.53 Å². The van der Waals surface area contributed by atoms with E-state index in [1.54, 1.807) is 0 Å². The van der Waals surface area contributed by atoms with Crippen LogP contribution in [0.2, 0.25) is 0 Å². The first-order chi connectivity index (χ1) is 8.16. The standard InChI is InChI=1S/C14H25NO2/c1-11(2)17-14(16)10-15-9-5-7-12-6-3-4-8-13(12)15/h11-13H,3-10H2,1-2H3. The molecule has 1 aliphatic carbocycles. The molecule has 3 nitrogen and oxygen atoms in total. The van der Waals surface area contributed by atoms with Crippen LogP contribution in [-0.2, 0) is 9.53 Å². The Morgan fingerprint density at radius 3 is 2.71 bits per heavy atom. The largest absolute Gasteiger partial charge is 0.462 e. The summed E-state index contributed by atoms with van der Waals surface area (Å²) in [5, 5.41) is 0. The summed E-state index contributed by atoms with van der Waals surface area (Å²) in [6, 6.07) is 0.650. The van der Waals surface area contributed by atoms with E-state index in [2.05, 4.69) is 4.90 Å². The number of ether oxygens (including phenoxy) is 1. The van der Waals surface area contributed by atoms with Gasteiger partial charge in [-0.05, 0) is 52.0 Å². The summed E-state index contributed by atoms with van der Waals surface area (Å²) in [7, 11) is 0. The first kappa shape index (κ1) is 12.9. The fraction of sp³-hybridized carbons (Fsp3) is 0.929. The number of fused-ring (bicyclic) bond motifs is 1. The number of nitrogens with zero attached hydrogens (tertiary/aromatic N) is 1. The minimum atomic E-state index is -0.0498. The van der Waals surface area contributed by atoms with Gasteiger partial charge in [-0.1, -0.05) is 12.8 Å². The maximum atomic E-state index is 11.7. The highest BCUT2D eigenvalue weighted by Crippen LogP contribution is 2.34. The molecule has 3 heteroatoms. The minimum Gasteiger partial charge on any atom is -0.462 e. The van der Waals surface area contributed by atoms with Gasteiger partial charge in [-0.25, -0.2) is 0 Å². The number of hydrogen-bond acceptors (Lipinski definition) is 3. The van der Waals surface area contributed by atoms with Crippen LogP contribution < -0.4 is 0 Å². The number of carbonyl (C=O) groups excluding carboxylic acids is 1. The number of carbonyl (C=O) groups is 1. The van der Waals surface area contributed by atoms with E-state index >= 15 is 0 Å². The summed E-state index contributed by atoms with van der Waals surface area (Å²) in [5.41, 5.74) is 0. The molecule has 0 N–H and O–H groups in total. The lowest BCUT2D eigenvalue weighted by Gasteiger charge is -2.43. The number of likely N-dealkylation sites (tertiary alicyclic amines) is 1. The molecule has 0 spiro atoms. The van der Waals surface area contributed by atoms with E-state index in [4.69, 9.17) is 4.74 Å². The summed E-state index contributed by atoms with van der Waals surface area (Å²) in [6.45, 7) is 5.41. The predicted octanol–water partition coefficient (Wildman–Crippen LogP) is 2.59. The molecule has 98 valence electrons. The highest BCUT2D eigenvalue weighted by Gasteiger charge is 2.34. The molecule has 0 amide bonds. The molecule has 1 aliphatic heterocycles. The molecule has 0 radical (unpaired) electrons. The lowest BCUT2D eigenvalue weighted by molar-refractivity contribution is -0.150. The topological polar surface area (TPSA) is 29.5 Å². The van der Waals surface area contributed by atoms with Gasteiger partial charge in [0, 0.05) is 6.04 Å². The van der Waals surface area contributed by atoms with E-state index in [9.17, 15) is 4.79 Å². The van der Waals surface area contributed by atoms with Crippen molar-refractivity contribution in [1.29, 1.82) is 0 Å². The van der Waals surface area contributed by atoms with Crippen molar-refractivity contribution in [3.05, 3.63) is 0 Å². The Morgan fingerprint density at radius 2 is 1.94 bits per heavy atom. The summed E-state index contributed by atoms with van der Waals surface area (Å²) >= 11 is 0. The molecule has 17 heavy (non-hydrogen) atoms. The van der Waals surface area contributed by atoms with Gasteiger partial charge in [-0.3, -0.25) is 9.69 Å². The van der Waals surface area contributed by atoms with Crippen molar-refractivity contribution in [2.75, 3.05) is 13.1 Å². The molecule has 2 unspecified atom stereocenters. The zero-order valence-corrected chi connectivity index (χ0v) is 11.2. The molecule has 1 heterocycles. The van der Waals surface area contributed by atoms with Gasteiger partial charge in [0.25, 0.3) is 0 Å². The molecular formula is C14H25NO2. The third-order valence-corrected chi connectivity index (χ3v) is 4.06. The van der Waals surface area contributed by atoms with Crippen molar-refractivity contribution in [2.45, 2.75) is 64.5 Å². The molecule has 0 bridgehead atoms. The van der Waals surface area contributed by atoms with Gasteiger partial charge in [0.15, 0.2) is 0 Å². The van der Waals surface area contributed by atoms with Crippen LogP contribution in [0, 0.1) is 5.92 Å². The van der Waals surface area contributed by atoms with Crippen molar-refractivity contribution in [2.24, 2.45) is 5.92 Å². The zero-order chi connectivity index (χ0) is 12.3. The molecule has 2 fully saturated rings. The fourth-order valence-corrected chi connectivity index (χ4v) is 3.39. The molecule has 1 saturated carbocycles. The van der Waals surface area contributed by atoms with E-state index in [0.29, 0.717) is 12.6 Å². The van der Waals surface area contributed by atoms with Crippen LogP contribution in [0.25, 0.3) is 0 Å². The van der Waals surface area contributed by atoms with Gasteiger partial charge in [-0.15, -0.1) is 0 Å². The van der Waals surface area contributed by atoms with Gasteiger partial charge >= 0.3 is 5.97 Å². The molecule has 1 saturated heterocycles. The highest BCUT2D eigenvalue weighted by molar-refractivity contribution is 5.71. The second-order valence-electron chi connectivity index (χ2n) is 5.76. The Hall–Kier alpha value is -0.570. The third-order valence-electron chi connectivity index (χ3n) is 4.06. The van der Waals surface area contributed by atoms with Crippen molar-refractivity contribution >= 4 is 5.97 Å². The molecule has 2 aliphatic rings. The van der Waals surface area contributed by atoms with E-state index in [-0.39, 0.29) is 12.1 Å². The average Bonchev–Trinajstić information content (AvgIpc) is 2.28. The van der Waals surface area contributed by atoms with Crippen LogP contribution >= 0.6 is 0 Å². The molecule has 0 aromatic rings. The number of piperidine rings is 1. The van der Waals surface area contributed by atoms with Crippen LogP contribution in [0.3, 0.4) is 0 Å². The van der Waals surface area contributed by atoms with E-state index < -0.39 is 0 Å². The quantitative estimate of drug-likeness (QED) is 0.709. The summed E-state index contributed by atoms with van der Waals surface area (Å²) in [5.74, 6) is 0.788. The molecule has 2 rings (SSSR count). The van der Waals surface area contributed by atoms with Crippen LogP contribution in [-0.4, -0.2) is 36.1 Å². The van der Waals surface area contributed by atoms with Gasteiger partial charge in [0.05, 0.1) is 12.6 Å². The van der Waals surface area contributed by atoms with Crippen molar-refractivity contribution in [3.63, 3.8) is 0 Å². The van der Waals surface area contributed by atoms with Gasteiger partial charge in [0.2, 0.25) is 0 Å². The van der Waals surface area contributed by atoms with Gasteiger partial charge in [0.1, 0.15) is 0 Å². The lowest BCUT2D eigenvalue weighted by Crippen LogP contribution is -2.49. The predicted molar refractivity (Wildman–Crippen MR) is 67.8 cm³/mol. The smallest absolute Gasteiger partial charge is 0.320 e. The number of rotatable bonds is 3. The zero-order valence-electron chi connectivity index (χ0n) is 11.2. The van der Waals surface area contributed by atoms with Gasteiger partial charge in [-0.2, -0.15) is 0 Å². The van der Waals surface area contributed by atoms with E-state index in [1.807, 2.05) is 13.8 Å². The van der Waals surface area contributed by atoms with Crippen LogP contribution in [0.4, 0.5) is 0 Å². The molecule has 0 aromatic heterocycles. The molecular weight excluding hydrogens is 214 g/mol. The minimum absolute atomic E-state index is 0.00874. The third kappa shape index (κ3) is 3.44. The second-order valence-corrected chi connectivity index (χ2v) is 5.76. The maximum Gasteiger partial charge on any atom is 0.320 e. The fourth-order valence-electron chi connectivity index (χ4n) is 3.39. The highest BCUT2D eigenvalue weighted by atomic mass is 16.5. The Labute approximate surface area is 105 Å². The normalized spacial score (nSPS) is 30.1. The van der Waals surface area contributed by atoms with Crippen molar-refractivity contribution in [1.82, 2.24) is 4.90 Å². The Kier molecular flexibility index (Phi) is 4.43. The SMILES string of the molecule is CC(C)OC(=O)CN1CCCC2CCCCC21. The Morgan fingerprint density at radius 1 is 1.24 bits per heavy atom. The monoisotopic (exact) mass is 239 g/mol. The van der Waals surface area contributed by atoms with Crippen LogP contribution in [0.1, 0.15) is 52.4 Å². The van der Waals surface area contributed by atoms with E-state index in [1.165, 1.54) is 38.5 Å². The van der Waals surface area contributed by atoms with Crippen molar-refractivity contribution in [3.8, 4) is 0 Å². The van der Waals surface area contributed by atoms with Gasteiger partial charge < -0.3 is 4.74 Å². The van der Waals surface area contributed by atoms with E-state index in [0.717, 1.165) is 12.5 Å². The first-order valence-corrected chi connectivity index (χ1v) is 7.10. The number of esters is 1. The molecule has 0 aromatic carbocycles. The maximum absolute atomic E-state index is 11.7. The summed E-state index contributed by atoms with van der Waals surface area (Å²) in [4.78, 5) is 14.1. The summed E-state index contributed by atoms with van der Waals surface area (Å²) in [6.07, 6.45) is 7.97. The van der Waals surface area contributed by atoms with Crippen LogP contribution in [0.15, 0.2) is 0 Å². The number of hydrogen-bond donors (Lipinski definition) is 0. The molecule has 2 atom stereocenters. The average molecular weight is 239 g/mol. The Balaban J connectivity index is 1.88. The Bertz CT molecular complexity index is 263.